The molecule has 3 heteroatoms. The predicted molar refractivity (Wildman–Crippen MR) is 87.4 cm³/mol. The molecule has 3 N–H and O–H groups in total. The topological polar surface area (TPSA) is 44.3 Å². The molecule has 0 amide bonds. The Morgan fingerprint density at radius 3 is 2.67 bits per heavy atom. The van der Waals surface area contributed by atoms with Crippen molar-refractivity contribution in [3.63, 3.8) is 0 Å². The van der Waals surface area contributed by atoms with E-state index < -0.39 is 0 Å². The average molecular weight is 288 g/mol. The van der Waals surface area contributed by atoms with Crippen LogP contribution in [0.25, 0.3) is 0 Å². The number of hydrogen-bond acceptors (Lipinski definition) is 3. The molecule has 116 valence electrons. The lowest BCUT2D eigenvalue weighted by atomic mass is 9.77. The first-order chi connectivity index (χ1) is 10.4. The largest absolute Gasteiger partial charge is 0.392 e. The molecule has 3 rings (SSSR count). The van der Waals surface area contributed by atoms with Crippen molar-refractivity contribution in [3.05, 3.63) is 29.8 Å². The Bertz CT molecular complexity index is 443. The summed E-state index contributed by atoms with van der Waals surface area (Å²) in [5.74, 6) is 0.728. The monoisotopic (exact) mass is 288 g/mol. The molecule has 1 aliphatic carbocycles. The number of para-hydroxylation sites is 1. The third-order valence-corrected chi connectivity index (χ3v) is 5.21. The molecule has 0 radical (unpaired) electrons. The molecule has 1 aromatic rings. The van der Waals surface area contributed by atoms with Gasteiger partial charge in [0, 0.05) is 23.3 Å². The quantitative estimate of drug-likeness (QED) is 0.796. The fourth-order valence-corrected chi connectivity index (χ4v) is 4.06. The summed E-state index contributed by atoms with van der Waals surface area (Å²) in [7, 11) is 0. The second-order valence-electron chi connectivity index (χ2n) is 6.57. The molecule has 1 saturated carbocycles. The molecule has 1 aromatic carbocycles. The van der Waals surface area contributed by atoms with Crippen molar-refractivity contribution in [1.29, 1.82) is 0 Å². The number of piperidine rings is 1. The number of aliphatic hydroxyl groups is 1. The second-order valence-corrected chi connectivity index (χ2v) is 6.57. The van der Waals surface area contributed by atoms with E-state index >= 15 is 0 Å². The first-order valence-electron chi connectivity index (χ1n) is 8.57. The van der Waals surface area contributed by atoms with Gasteiger partial charge in [0.15, 0.2) is 0 Å². The van der Waals surface area contributed by atoms with Gasteiger partial charge in [-0.15, -0.1) is 0 Å². The Hall–Kier alpha value is -1.06. The minimum absolute atomic E-state index is 0.113. The van der Waals surface area contributed by atoms with Gasteiger partial charge in [-0.1, -0.05) is 37.5 Å². The summed E-state index contributed by atoms with van der Waals surface area (Å²) in [5.41, 5.74) is 2.13. The highest BCUT2D eigenvalue weighted by Crippen LogP contribution is 2.33. The predicted octanol–water partition coefficient (Wildman–Crippen LogP) is 3.29. The summed E-state index contributed by atoms with van der Waals surface area (Å²) < 4.78 is 0. The highest BCUT2D eigenvalue weighted by Gasteiger charge is 2.32. The Kier molecular flexibility index (Phi) is 5.15. The van der Waals surface area contributed by atoms with Gasteiger partial charge in [-0.25, -0.2) is 0 Å². The zero-order chi connectivity index (χ0) is 14.5. The lowest BCUT2D eigenvalue weighted by Crippen LogP contribution is -2.48. The van der Waals surface area contributed by atoms with Crippen LogP contribution in [0.4, 0.5) is 5.69 Å². The van der Waals surface area contributed by atoms with Gasteiger partial charge in [-0.3, -0.25) is 0 Å². The third-order valence-electron chi connectivity index (χ3n) is 5.21. The molecule has 3 unspecified atom stereocenters. The summed E-state index contributed by atoms with van der Waals surface area (Å²) in [6.45, 7) is 1.29. The Labute approximate surface area is 128 Å². The van der Waals surface area contributed by atoms with Gasteiger partial charge in [0.05, 0.1) is 6.61 Å². The molecule has 1 aliphatic heterocycles. The van der Waals surface area contributed by atoms with Crippen molar-refractivity contribution in [2.45, 2.75) is 63.6 Å². The lowest BCUT2D eigenvalue weighted by molar-refractivity contribution is 0.217. The van der Waals surface area contributed by atoms with Crippen LogP contribution in [0.3, 0.4) is 0 Å². The van der Waals surface area contributed by atoms with E-state index in [1.54, 1.807) is 0 Å². The van der Waals surface area contributed by atoms with Crippen LogP contribution in [-0.2, 0) is 6.61 Å². The minimum Gasteiger partial charge on any atom is -0.392 e. The fraction of sp³-hybridized carbons (Fsp3) is 0.667. The summed E-state index contributed by atoms with van der Waals surface area (Å²) in [6.07, 6.45) is 9.29. The van der Waals surface area contributed by atoms with E-state index in [-0.39, 0.29) is 6.61 Å². The van der Waals surface area contributed by atoms with Crippen LogP contribution >= 0.6 is 0 Å². The number of nitrogens with one attached hydrogen (secondary N) is 2. The number of hydrogen-bond donors (Lipinski definition) is 3. The van der Waals surface area contributed by atoms with Crippen molar-refractivity contribution in [2.75, 3.05) is 11.9 Å². The average Bonchev–Trinajstić information content (AvgIpc) is 2.57. The Morgan fingerprint density at radius 2 is 1.86 bits per heavy atom. The van der Waals surface area contributed by atoms with E-state index in [0.29, 0.717) is 12.1 Å². The molecule has 0 aromatic heterocycles. The molecule has 1 heterocycles. The van der Waals surface area contributed by atoms with Crippen molar-refractivity contribution >= 4 is 5.69 Å². The maximum Gasteiger partial charge on any atom is 0.0701 e. The first kappa shape index (κ1) is 14.9. The zero-order valence-electron chi connectivity index (χ0n) is 12.9. The van der Waals surface area contributed by atoms with Gasteiger partial charge >= 0.3 is 0 Å². The maximum atomic E-state index is 9.51. The van der Waals surface area contributed by atoms with E-state index in [1.807, 2.05) is 12.1 Å². The van der Waals surface area contributed by atoms with E-state index in [4.69, 9.17) is 0 Å². The molecule has 21 heavy (non-hydrogen) atoms. The molecule has 0 spiro atoms. The van der Waals surface area contributed by atoms with E-state index in [0.717, 1.165) is 17.2 Å². The normalized spacial score (nSPS) is 30.0. The fourth-order valence-electron chi connectivity index (χ4n) is 4.06. The molecule has 2 aliphatic rings. The van der Waals surface area contributed by atoms with Crippen molar-refractivity contribution in [3.8, 4) is 0 Å². The number of aliphatic hydroxyl groups excluding tert-OH is 1. The van der Waals surface area contributed by atoms with Crippen LogP contribution in [0, 0.1) is 5.92 Å². The summed E-state index contributed by atoms with van der Waals surface area (Å²) >= 11 is 0. The summed E-state index contributed by atoms with van der Waals surface area (Å²) in [6, 6.07) is 9.39. The highest BCUT2D eigenvalue weighted by molar-refractivity contribution is 5.51. The van der Waals surface area contributed by atoms with Crippen LogP contribution in [-0.4, -0.2) is 23.7 Å². The van der Waals surface area contributed by atoms with Crippen LogP contribution in [0.5, 0.6) is 0 Å². The van der Waals surface area contributed by atoms with E-state index in [9.17, 15) is 5.11 Å². The van der Waals surface area contributed by atoms with Gasteiger partial charge < -0.3 is 15.7 Å². The van der Waals surface area contributed by atoms with Crippen LogP contribution in [0.15, 0.2) is 24.3 Å². The second kappa shape index (κ2) is 7.28. The number of rotatable bonds is 4. The highest BCUT2D eigenvalue weighted by atomic mass is 16.3. The molecular weight excluding hydrogens is 260 g/mol. The Morgan fingerprint density at radius 1 is 1.05 bits per heavy atom. The standard InChI is InChI=1S/C18H28N2O/c21-13-14-7-1-3-9-16(14)20-18-11-4-2-8-15(18)17-10-5-6-12-19-17/h1,3,7,9,15,17-21H,2,4-6,8,10-13H2. The lowest BCUT2D eigenvalue weighted by Gasteiger charge is -2.40. The van der Waals surface area contributed by atoms with E-state index in [1.165, 1.54) is 51.5 Å². The van der Waals surface area contributed by atoms with Gasteiger partial charge in [0.1, 0.15) is 0 Å². The van der Waals surface area contributed by atoms with Gasteiger partial charge in [0.2, 0.25) is 0 Å². The zero-order valence-corrected chi connectivity index (χ0v) is 12.9. The SMILES string of the molecule is OCc1ccccc1NC1CCCCC1C1CCCCN1. The van der Waals surface area contributed by atoms with E-state index in [2.05, 4.69) is 22.8 Å². The van der Waals surface area contributed by atoms with Gasteiger partial charge in [-0.05, 0) is 44.2 Å². The molecule has 0 bridgehead atoms. The molecule has 2 fully saturated rings. The van der Waals surface area contributed by atoms with Crippen LogP contribution in [0.1, 0.15) is 50.5 Å². The molecule has 3 atom stereocenters. The Balaban J connectivity index is 1.71. The van der Waals surface area contributed by atoms with Crippen LogP contribution < -0.4 is 10.6 Å². The van der Waals surface area contributed by atoms with Crippen molar-refractivity contribution in [2.24, 2.45) is 5.92 Å². The van der Waals surface area contributed by atoms with Gasteiger partial charge in [-0.2, -0.15) is 0 Å². The summed E-state index contributed by atoms with van der Waals surface area (Å²) in [5, 5.41) is 17.0. The van der Waals surface area contributed by atoms with Crippen molar-refractivity contribution in [1.82, 2.24) is 5.32 Å². The maximum absolute atomic E-state index is 9.51. The number of anilines is 1. The van der Waals surface area contributed by atoms with Crippen LogP contribution in [0.2, 0.25) is 0 Å². The molecule has 1 saturated heterocycles. The van der Waals surface area contributed by atoms with Crippen molar-refractivity contribution < 1.29 is 5.11 Å². The summed E-state index contributed by atoms with van der Waals surface area (Å²) in [4.78, 5) is 0. The molecule has 3 nitrogen and oxygen atoms in total. The number of benzene rings is 1. The van der Waals surface area contributed by atoms with Gasteiger partial charge in [0.25, 0.3) is 0 Å². The molecular formula is C18H28N2O. The smallest absolute Gasteiger partial charge is 0.0701 e. The first-order valence-corrected chi connectivity index (χ1v) is 8.57. The third kappa shape index (κ3) is 3.58. The minimum atomic E-state index is 0.113.